The van der Waals surface area contributed by atoms with Crippen molar-refractivity contribution in [2.45, 2.75) is 45.6 Å². The van der Waals surface area contributed by atoms with Gasteiger partial charge in [-0.25, -0.2) is 0 Å². The van der Waals surface area contributed by atoms with E-state index in [1.54, 1.807) is 0 Å². The zero-order chi connectivity index (χ0) is 21.6. The van der Waals surface area contributed by atoms with Crippen molar-refractivity contribution in [3.8, 4) is 11.5 Å². The molecule has 1 N–H and O–H groups in total. The maximum Gasteiger partial charge on any atom is 0.259 e. The minimum Gasteiger partial charge on any atom is -0.493 e. The van der Waals surface area contributed by atoms with Crippen molar-refractivity contribution in [2.24, 2.45) is 5.92 Å². The van der Waals surface area contributed by atoms with E-state index in [0.29, 0.717) is 36.2 Å². The summed E-state index contributed by atoms with van der Waals surface area (Å²) in [6.07, 6.45) is 4.03. The van der Waals surface area contributed by atoms with Crippen molar-refractivity contribution in [1.82, 2.24) is 10.3 Å². The predicted molar refractivity (Wildman–Crippen MR) is 123 cm³/mol. The molecule has 2 atom stereocenters. The lowest BCUT2D eigenvalue weighted by Gasteiger charge is -2.22. The fraction of sp³-hybridized carbons (Fsp3) is 0.385. The summed E-state index contributed by atoms with van der Waals surface area (Å²) < 4.78 is 11.4. The molecule has 1 aliphatic carbocycles. The highest BCUT2D eigenvalue weighted by Crippen LogP contribution is 2.32. The van der Waals surface area contributed by atoms with Gasteiger partial charge < -0.3 is 14.8 Å². The van der Waals surface area contributed by atoms with Crippen LogP contribution in [0.1, 0.15) is 49.2 Å². The fourth-order valence-corrected chi connectivity index (χ4v) is 4.49. The Morgan fingerprint density at radius 2 is 1.71 bits per heavy atom. The molecule has 31 heavy (non-hydrogen) atoms. The Morgan fingerprint density at radius 1 is 0.968 bits per heavy atom. The molecule has 2 aromatic carbocycles. The maximum atomic E-state index is 13.3. The number of aromatic nitrogens is 1. The predicted octanol–water partition coefficient (Wildman–Crippen LogP) is 5.17. The number of para-hydroxylation sites is 1. The molecule has 2 unspecified atom stereocenters. The van der Waals surface area contributed by atoms with Crippen LogP contribution in [-0.2, 0) is 6.42 Å². The van der Waals surface area contributed by atoms with E-state index < -0.39 is 0 Å². The monoisotopic (exact) mass is 418 g/mol. The Balaban J connectivity index is 1.51. The summed E-state index contributed by atoms with van der Waals surface area (Å²) in [5.41, 5.74) is 2.58. The molecule has 1 amide bonds. The van der Waals surface area contributed by atoms with Crippen molar-refractivity contribution in [3.05, 3.63) is 65.9 Å². The van der Waals surface area contributed by atoms with Crippen molar-refractivity contribution in [1.29, 1.82) is 0 Å². The van der Waals surface area contributed by atoms with E-state index in [2.05, 4.69) is 23.5 Å². The lowest BCUT2D eigenvalue weighted by molar-refractivity contribution is 0.0919. The van der Waals surface area contributed by atoms with Gasteiger partial charge in [-0.05, 0) is 63.3 Å². The zero-order valence-corrected chi connectivity index (χ0v) is 18.3. The van der Waals surface area contributed by atoms with Crippen LogP contribution in [0.2, 0.25) is 0 Å². The standard InChI is InChI=1S/C26H30N2O3/c1-3-30-23-13-8-14-24(31-4-2)25(23)26(29)28-22-12-7-10-19(22)17-20-16-15-18-9-5-6-11-21(18)27-20/h5-6,8-9,11,13-16,19,22H,3-4,7,10,12,17H2,1-2H3,(H,28,29). The molecule has 4 rings (SSSR count). The van der Waals surface area contributed by atoms with E-state index in [4.69, 9.17) is 14.5 Å². The molecule has 1 saturated carbocycles. The molecule has 0 spiro atoms. The summed E-state index contributed by atoms with van der Waals surface area (Å²) in [5.74, 6) is 1.37. The van der Waals surface area contributed by atoms with E-state index in [1.807, 2.05) is 50.2 Å². The number of nitrogens with zero attached hydrogens (tertiary/aromatic N) is 1. The first kappa shape index (κ1) is 21.2. The number of hydrogen-bond donors (Lipinski definition) is 1. The highest BCUT2D eigenvalue weighted by atomic mass is 16.5. The van der Waals surface area contributed by atoms with Crippen LogP contribution in [0.25, 0.3) is 10.9 Å². The number of carbonyl (C=O) groups excluding carboxylic acids is 1. The highest BCUT2D eigenvalue weighted by molar-refractivity contribution is 6.00. The summed E-state index contributed by atoms with van der Waals surface area (Å²) >= 11 is 0. The van der Waals surface area contributed by atoms with E-state index in [0.717, 1.165) is 42.3 Å². The molecule has 0 bridgehead atoms. The molecule has 3 aromatic rings. The normalized spacial score (nSPS) is 18.1. The van der Waals surface area contributed by atoms with E-state index in [9.17, 15) is 4.79 Å². The Morgan fingerprint density at radius 3 is 2.45 bits per heavy atom. The molecule has 5 nitrogen and oxygen atoms in total. The molecular weight excluding hydrogens is 388 g/mol. The summed E-state index contributed by atoms with van der Waals surface area (Å²) in [6.45, 7) is 4.82. The molecule has 1 aliphatic rings. The Kier molecular flexibility index (Phi) is 6.70. The van der Waals surface area contributed by atoms with Gasteiger partial charge in [-0.15, -0.1) is 0 Å². The second-order valence-corrected chi connectivity index (χ2v) is 7.97. The van der Waals surface area contributed by atoms with Crippen LogP contribution >= 0.6 is 0 Å². The lowest BCUT2D eigenvalue weighted by Crippen LogP contribution is -2.38. The van der Waals surface area contributed by atoms with Crippen molar-refractivity contribution in [2.75, 3.05) is 13.2 Å². The Labute approximate surface area is 183 Å². The second kappa shape index (κ2) is 9.82. The molecule has 162 valence electrons. The molecule has 5 heteroatoms. The van der Waals surface area contributed by atoms with E-state index >= 15 is 0 Å². The van der Waals surface area contributed by atoms with Crippen molar-refractivity contribution >= 4 is 16.8 Å². The molecule has 1 aromatic heterocycles. The quantitative estimate of drug-likeness (QED) is 0.548. The van der Waals surface area contributed by atoms with Crippen LogP contribution in [0.3, 0.4) is 0 Å². The smallest absolute Gasteiger partial charge is 0.259 e. The van der Waals surface area contributed by atoms with Crippen LogP contribution < -0.4 is 14.8 Å². The fourth-order valence-electron chi connectivity index (χ4n) is 4.49. The Hall–Kier alpha value is -3.08. The number of pyridine rings is 1. The van der Waals surface area contributed by atoms with E-state index in [1.165, 1.54) is 0 Å². The number of carbonyl (C=O) groups is 1. The topological polar surface area (TPSA) is 60.5 Å². The van der Waals surface area contributed by atoms with Gasteiger partial charge in [-0.2, -0.15) is 0 Å². The summed E-state index contributed by atoms with van der Waals surface area (Å²) in [4.78, 5) is 18.1. The number of nitrogens with one attached hydrogen (secondary N) is 1. The van der Waals surface area contributed by atoms with Gasteiger partial charge >= 0.3 is 0 Å². The summed E-state index contributed by atoms with van der Waals surface area (Å²) in [6, 6.07) is 18.0. The SMILES string of the molecule is CCOc1cccc(OCC)c1C(=O)NC1CCCC1Cc1ccc2ccccc2n1. The molecule has 0 saturated heterocycles. The van der Waals surface area contributed by atoms with Gasteiger partial charge in [0.2, 0.25) is 0 Å². The van der Waals surface area contributed by atoms with Crippen LogP contribution in [0.5, 0.6) is 11.5 Å². The number of fused-ring (bicyclic) bond motifs is 1. The number of ether oxygens (including phenoxy) is 2. The molecule has 0 aliphatic heterocycles. The first-order valence-corrected chi connectivity index (χ1v) is 11.2. The number of amides is 1. The molecular formula is C26H30N2O3. The van der Waals surface area contributed by atoms with Gasteiger partial charge in [0.05, 0.1) is 18.7 Å². The second-order valence-electron chi connectivity index (χ2n) is 7.97. The lowest BCUT2D eigenvalue weighted by atomic mass is 9.96. The minimum absolute atomic E-state index is 0.116. The minimum atomic E-state index is -0.129. The molecule has 1 heterocycles. The van der Waals surface area contributed by atoms with Gasteiger partial charge in [0.25, 0.3) is 5.91 Å². The number of benzene rings is 2. The van der Waals surface area contributed by atoms with Crippen molar-refractivity contribution in [3.63, 3.8) is 0 Å². The molecule has 1 fully saturated rings. The van der Waals surface area contributed by atoms with Gasteiger partial charge in [0, 0.05) is 17.1 Å². The van der Waals surface area contributed by atoms with Crippen LogP contribution in [0.4, 0.5) is 0 Å². The number of hydrogen-bond acceptors (Lipinski definition) is 4. The van der Waals surface area contributed by atoms with Crippen LogP contribution in [-0.4, -0.2) is 30.1 Å². The van der Waals surface area contributed by atoms with Gasteiger partial charge in [0.1, 0.15) is 17.1 Å². The first-order chi connectivity index (χ1) is 15.2. The van der Waals surface area contributed by atoms with Gasteiger partial charge in [0.15, 0.2) is 0 Å². The zero-order valence-electron chi connectivity index (χ0n) is 18.3. The van der Waals surface area contributed by atoms with Crippen LogP contribution in [0, 0.1) is 5.92 Å². The third-order valence-electron chi connectivity index (χ3n) is 5.92. The first-order valence-electron chi connectivity index (χ1n) is 11.2. The van der Waals surface area contributed by atoms with Crippen LogP contribution in [0.15, 0.2) is 54.6 Å². The van der Waals surface area contributed by atoms with Gasteiger partial charge in [-0.1, -0.05) is 36.8 Å². The molecule has 0 radical (unpaired) electrons. The third kappa shape index (κ3) is 4.82. The summed E-state index contributed by atoms with van der Waals surface area (Å²) in [7, 11) is 0. The number of rotatable bonds is 8. The van der Waals surface area contributed by atoms with E-state index in [-0.39, 0.29) is 11.9 Å². The van der Waals surface area contributed by atoms with Crippen molar-refractivity contribution < 1.29 is 14.3 Å². The average molecular weight is 419 g/mol. The third-order valence-corrected chi connectivity index (χ3v) is 5.92. The Bertz CT molecular complexity index is 1030. The average Bonchev–Trinajstić information content (AvgIpc) is 3.20. The highest BCUT2D eigenvalue weighted by Gasteiger charge is 2.31. The maximum absolute atomic E-state index is 13.3. The summed E-state index contributed by atoms with van der Waals surface area (Å²) in [5, 5.41) is 4.42. The van der Waals surface area contributed by atoms with Gasteiger partial charge in [-0.3, -0.25) is 9.78 Å². The largest absolute Gasteiger partial charge is 0.493 e.